The number of nitrogens with two attached hydrogens (primary N) is 1. The van der Waals surface area contributed by atoms with Crippen molar-refractivity contribution >= 4 is 6.03 Å². The van der Waals surface area contributed by atoms with Crippen LogP contribution in [0.15, 0.2) is 0 Å². The van der Waals surface area contributed by atoms with Gasteiger partial charge in [0, 0.05) is 19.1 Å². The second kappa shape index (κ2) is 6.71. The molecule has 0 aliphatic rings. The van der Waals surface area contributed by atoms with Crippen LogP contribution in [-0.2, 0) is 0 Å². The smallest absolute Gasteiger partial charge is 0.317 e. The van der Waals surface area contributed by atoms with Crippen LogP contribution in [0.3, 0.4) is 0 Å². The molecule has 78 valence electrons. The Hall–Kier alpha value is -0.770. The number of carbonyl (C=O) groups excluding carboxylic acids is 1. The van der Waals surface area contributed by atoms with Crippen molar-refractivity contribution in [3.63, 3.8) is 0 Å². The van der Waals surface area contributed by atoms with Gasteiger partial charge in [0.15, 0.2) is 0 Å². The Bertz CT molecular complexity index is 146. The molecule has 0 aromatic carbocycles. The molecule has 0 saturated carbocycles. The lowest BCUT2D eigenvalue weighted by atomic mass is 10.2. The third-order valence-corrected chi connectivity index (χ3v) is 2.02. The minimum absolute atomic E-state index is 0.00551. The fourth-order valence-electron chi connectivity index (χ4n) is 1.14. The van der Waals surface area contributed by atoms with Crippen LogP contribution in [0.25, 0.3) is 0 Å². The summed E-state index contributed by atoms with van der Waals surface area (Å²) in [5, 5.41) is 2.89. The molecular weight excluding hydrogens is 166 g/mol. The molecule has 0 spiro atoms. The zero-order valence-electron chi connectivity index (χ0n) is 8.84. The molecule has 0 radical (unpaired) electrons. The van der Waals surface area contributed by atoms with Crippen LogP contribution in [0.4, 0.5) is 4.79 Å². The normalized spacial score (nSPS) is 12.3. The Labute approximate surface area is 80.5 Å². The van der Waals surface area contributed by atoms with Crippen molar-refractivity contribution in [1.29, 1.82) is 0 Å². The van der Waals surface area contributed by atoms with E-state index in [0.717, 1.165) is 19.5 Å². The molecule has 0 aliphatic carbocycles. The highest BCUT2D eigenvalue weighted by Gasteiger charge is 2.11. The van der Waals surface area contributed by atoms with Crippen molar-refractivity contribution in [2.24, 2.45) is 5.73 Å². The second-order valence-electron chi connectivity index (χ2n) is 3.10. The fourth-order valence-corrected chi connectivity index (χ4v) is 1.14. The monoisotopic (exact) mass is 187 g/mol. The van der Waals surface area contributed by atoms with Crippen LogP contribution >= 0.6 is 0 Å². The molecule has 1 atom stereocenters. The maximum Gasteiger partial charge on any atom is 0.317 e. The number of amides is 2. The van der Waals surface area contributed by atoms with Crippen LogP contribution in [0, 0.1) is 0 Å². The minimum Gasteiger partial charge on any atom is -0.335 e. The molecule has 0 aliphatic heterocycles. The SMILES string of the molecule is CCN(CC)C(=O)NC(C)CCN. The third kappa shape index (κ3) is 4.72. The molecule has 0 bridgehead atoms. The van der Waals surface area contributed by atoms with Crippen molar-refractivity contribution in [3.8, 4) is 0 Å². The standard InChI is InChI=1S/C9H21N3O/c1-4-12(5-2)9(13)11-8(3)6-7-10/h8H,4-7,10H2,1-3H3,(H,11,13). The fraction of sp³-hybridized carbons (Fsp3) is 0.889. The van der Waals surface area contributed by atoms with Crippen molar-refractivity contribution in [3.05, 3.63) is 0 Å². The minimum atomic E-state index is 0.00551. The highest BCUT2D eigenvalue weighted by molar-refractivity contribution is 5.74. The summed E-state index contributed by atoms with van der Waals surface area (Å²) in [5.74, 6) is 0. The van der Waals surface area contributed by atoms with E-state index in [1.807, 2.05) is 20.8 Å². The highest BCUT2D eigenvalue weighted by Crippen LogP contribution is 1.92. The summed E-state index contributed by atoms with van der Waals surface area (Å²) in [4.78, 5) is 13.2. The lowest BCUT2D eigenvalue weighted by molar-refractivity contribution is 0.199. The first-order valence-electron chi connectivity index (χ1n) is 4.91. The van der Waals surface area contributed by atoms with E-state index in [9.17, 15) is 4.79 Å². The molecule has 1 unspecified atom stereocenters. The molecule has 0 aromatic rings. The molecule has 13 heavy (non-hydrogen) atoms. The Morgan fingerprint density at radius 3 is 2.38 bits per heavy atom. The molecule has 0 saturated heterocycles. The van der Waals surface area contributed by atoms with Gasteiger partial charge in [0.05, 0.1) is 0 Å². The Balaban J connectivity index is 3.83. The highest BCUT2D eigenvalue weighted by atomic mass is 16.2. The molecule has 0 aromatic heterocycles. The average molecular weight is 187 g/mol. The average Bonchev–Trinajstić information content (AvgIpc) is 2.06. The zero-order valence-corrected chi connectivity index (χ0v) is 8.84. The Kier molecular flexibility index (Phi) is 6.32. The van der Waals surface area contributed by atoms with E-state index in [4.69, 9.17) is 5.73 Å². The summed E-state index contributed by atoms with van der Waals surface area (Å²) < 4.78 is 0. The van der Waals surface area contributed by atoms with E-state index < -0.39 is 0 Å². The first-order valence-corrected chi connectivity index (χ1v) is 4.91. The van der Waals surface area contributed by atoms with Gasteiger partial charge in [-0.05, 0) is 33.7 Å². The van der Waals surface area contributed by atoms with Gasteiger partial charge >= 0.3 is 6.03 Å². The largest absolute Gasteiger partial charge is 0.335 e. The number of rotatable bonds is 5. The first kappa shape index (κ1) is 12.2. The van der Waals surface area contributed by atoms with Crippen molar-refractivity contribution < 1.29 is 4.79 Å². The number of carbonyl (C=O) groups is 1. The molecular formula is C9H21N3O. The van der Waals surface area contributed by atoms with E-state index in [0.29, 0.717) is 6.54 Å². The quantitative estimate of drug-likeness (QED) is 0.668. The summed E-state index contributed by atoms with van der Waals surface area (Å²) in [6, 6.07) is 0.170. The van der Waals surface area contributed by atoms with E-state index in [1.54, 1.807) is 4.90 Å². The van der Waals surface area contributed by atoms with Crippen molar-refractivity contribution in [2.75, 3.05) is 19.6 Å². The van der Waals surface area contributed by atoms with Crippen LogP contribution < -0.4 is 11.1 Å². The first-order chi connectivity index (χ1) is 6.15. The molecule has 4 nitrogen and oxygen atoms in total. The third-order valence-electron chi connectivity index (χ3n) is 2.02. The molecule has 0 fully saturated rings. The van der Waals surface area contributed by atoms with Crippen LogP contribution in [0.5, 0.6) is 0 Å². The van der Waals surface area contributed by atoms with Gasteiger partial charge < -0.3 is 16.0 Å². The second-order valence-corrected chi connectivity index (χ2v) is 3.10. The van der Waals surface area contributed by atoms with Crippen LogP contribution in [0.1, 0.15) is 27.2 Å². The molecule has 3 N–H and O–H groups in total. The Morgan fingerprint density at radius 2 is 2.00 bits per heavy atom. The summed E-state index contributed by atoms with van der Waals surface area (Å²) in [6.07, 6.45) is 0.826. The van der Waals surface area contributed by atoms with Gasteiger partial charge in [-0.15, -0.1) is 0 Å². The predicted molar refractivity (Wildman–Crippen MR) is 54.6 cm³/mol. The number of hydrogen-bond acceptors (Lipinski definition) is 2. The molecule has 0 rings (SSSR count). The summed E-state index contributed by atoms with van der Waals surface area (Å²) in [7, 11) is 0. The zero-order chi connectivity index (χ0) is 10.3. The van der Waals surface area contributed by atoms with Gasteiger partial charge in [0.1, 0.15) is 0 Å². The van der Waals surface area contributed by atoms with Crippen LogP contribution in [-0.4, -0.2) is 36.6 Å². The molecule has 2 amide bonds. The lowest BCUT2D eigenvalue weighted by Crippen LogP contribution is -2.44. The van der Waals surface area contributed by atoms with Crippen molar-refractivity contribution in [2.45, 2.75) is 33.2 Å². The summed E-state index contributed by atoms with van der Waals surface area (Å²) in [5.41, 5.74) is 5.38. The summed E-state index contributed by atoms with van der Waals surface area (Å²) >= 11 is 0. The topological polar surface area (TPSA) is 58.4 Å². The number of nitrogens with zero attached hydrogens (tertiary/aromatic N) is 1. The van der Waals surface area contributed by atoms with Gasteiger partial charge in [-0.2, -0.15) is 0 Å². The predicted octanol–water partition coefficient (Wildman–Crippen LogP) is 0.775. The van der Waals surface area contributed by atoms with Crippen LogP contribution in [0.2, 0.25) is 0 Å². The van der Waals surface area contributed by atoms with Gasteiger partial charge in [-0.1, -0.05) is 0 Å². The van der Waals surface area contributed by atoms with E-state index in [1.165, 1.54) is 0 Å². The molecule has 4 heteroatoms. The van der Waals surface area contributed by atoms with E-state index in [-0.39, 0.29) is 12.1 Å². The van der Waals surface area contributed by atoms with Gasteiger partial charge in [-0.3, -0.25) is 0 Å². The molecule has 0 heterocycles. The van der Waals surface area contributed by atoms with E-state index in [2.05, 4.69) is 5.32 Å². The Morgan fingerprint density at radius 1 is 1.46 bits per heavy atom. The maximum atomic E-state index is 11.5. The number of nitrogens with one attached hydrogen (secondary N) is 1. The number of urea groups is 1. The van der Waals surface area contributed by atoms with E-state index >= 15 is 0 Å². The van der Waals surface area contributed by atoms with Gasteiger partial charge in [0.2, 0.25) is 0 Å². The van der Waals surface area contributed by atoms with Gasteiger partial charge in [-0.25, -0.2) is 4.79 Å². The maximum absolute atomic E-state index is 11.5. The number of hydrogen-bond donors (Lipinski definition) is 2. The lowest BCUT2D eigenvalue weighted by Gasteiger charge is -2.22. The van der Waals surface area contributed by atoms with Gasteiger partial charge in [0.25, 0.3) is 0 Å². The summed E-state index contributed by atoms with van der Waals surface area (Å²) in [6.45, 7) is 8.01. The van der Waals surface area contributed by atoms with Crippen molar-refractivity contribution in [1.82, 2.24) is 10.2 Å².